The molecule has 0 saturated carbocycles. The fourth-order valence-electron chi connectivity index (χ4n) is 1.13. The van der Waals surface area contributed by atoms with Crippen molar-refractivity contribution < 1.29 is 9.53 Å². The van der Waals surface area contributed by atoms with Crippen LogP contribution >= 0.6 is 0 Å². The zero-order valence-electron chi connectivity index (χ0n) is 8.55. The zero-order valence-corrected chi connectivity index (χ0v) is 8.55. The average Bonchev–Trinajstić information content (AvgIpc) is 2.16. The summed E-state index contributed by atoms with van der Waals surface area (Å²) >= 11 is 0. The van der Waals surface area contributed by atoms with Crippen LogP contribution in [0.3, 0.4) is 0 Å². The summed E-state index contributed by atoms with van der Waals surface area (Å²) in [5, 5.41) is 0. The molecule has 0 fully saturated rings. The third-order valence-corrected chi connectivity index (χ3v) is 1.93. The Morgan fingerprint density at radius 1 is 1.14 bits per heavy atom. The van der Waals surface area contributed by atoms with Gasteiger partial charge in [-0.1, -0.05) is 39.0 Å². The van der Waals surface area contributed by atoms with Gasteiger partial charge in [0.25, 0.3) is 0 Å². The number of unbranched alkanes of at least 4 members (excludes halogenated alkanes) is 5. The van der Waals surface area contributed by atoms with Gasteiger partial charge in [-0.3, -0.25) is 4.79 Å². The van der Waals surface area contributed by atoms with Crippen molar-refractivity contribution in [3.8, 4) is 0 Å². The number of esters is 1. The van der Waals surface area contributed by atoms with Crippen molar-refractivity contribution in [2.75, 3.05) is 13.2 Å². The molecule has 0 amide bonds. The quantitative estimate of drug-likeness (QED) is 0.373. The average molecular weight is 211 g/mol. The number of carbonyl (C=O) groups excluding carboxylic acids is 1. The molecule has 80 valence electrons. The van der Waals surface area contributed by atoms with Crippen molar-refractivity contribution >= 4 is 35.5 Å². The van der Waals surface area contributed by atoms with Gasteiger partial charge in [0.15, 0.2) is 0 Å². The zero-order chi connectivity index (χ0) is 9.94. The van der Waals surface area contributed by atoms with E-state index >= 15 is 0 Å². The van der Waals surface area contributed by atoms with Crippen LogP contribution in [0.2, 0.25) is 0 Å². The van der Waals surface area contributed by atoms with Crippen LogP contribution in [0.15, 0.2) is 0 Å². The monoisotopic (exact) mass is 211 g/mol. The number of ether oxygens (including phenoxy) is 1. The van der Waals surface area contributed by atoms with Gasteiger partial charge < -0.3 is 10.5 Å². The molecule has 0 aromatic heterocycles. The molecule has 0 aliphatic carbocycles. The topological polar surface area (TPSA) is 52.3 Å². The number of hydrogen-bond donors (Lipinski definition) is 1. The van der Waals surface area contributed by atoms with Gasteiger partial charge in [0.05, 0.1) is 13.2 Å². The molecule has 0 rings (SSSR count). The normalized spacial score (nSPS) is 9.29. The second kappa shape index (κ2) is 13.4. The molecule has 0 aromatic carbocycles. The SMILES string of the molecule is CCCCCCCCOC(=O)CN.[NaH]. The molecule has 0 aliphatic heterocycles. The first kappa shape index (κ1) is 16.8. The van der Waals surface area contributed by atoms with E-state index in [-0.39, 0.29) is 42.1 Å². The van der Waals surface area contributed by atoms with Gasteiger partial charge in [-0.15, -0.1) is 0 Å². The van der Waals surface area contributed by atoms with Gasteiger partial charge in [0.1, 0.15) is 0 Å². The predicted octanol–water partition coefficient (Wildman–Crippen LogP) is 1.20. The minimum atomic E-state index is -0.298. The summed E-state index contributed by atoms with van der Waals surface area (Å²) in [7, 11) is 0. The molecule has 0 spiro atoms. The van der Waals surface area contributed by atoms with Crippen molar-refractivity contribution in [2.24, 2.45) is 5.73 Å². The molecule has 0 aliphatic rings. The number of rotatable bonds is 8. The number of nitrogens with two attached hydrogens (primary N) is 1. The van der Waals surface area contributed by atoms with Gasteiger partial charge in [-0.05, 0) is 6.42 Å². The summed E-state index contributed by atoms with van der Waals surface area (Å²) in [4.78, 5) is 10.6. The molecule has 4 heteroatoms. The van der Waals surface area contributed by atoms with E-state index in [1.807, 2.05) is 0 Å². The Hall–Kier alpha value is 0.430. The van der Waals surface area contributed by atoms with Crippen LogP contribution in [0.5, 0.6) is 0 Å². The molecule has 0 aromatic rings. The van der Waals surface area contributed by atoms with Gasteiger partial charge in [0, 0.05) is 0 Å². The molecule has 0 heterocycles. The molecule has 0 radical (unpaired) electrons. The van der Waals surface area contributed by atoms with E-state index < -0.39 is 0 Å². The Labute approximate surface area is 109 Å². The molecule has 0 bridgehead atoms. The van der Waals surface area contributed by atoms with Crippen LogP contribution in [-0.2, 0) is 9.53 Å². The summed E-state index contributed by atoms with van der Waals surface area (Å²) in [6.45, 7) is 2.72. The fourth-order valence-corrected chi connectivity index (χ4v) is 1.13. The van der Waals surface area contributed by atoms with Crippen molar-refractivity contribution in [3.05, 3.63) is 0 Å². The molecule has 0 saturated heterocycles. The predicted molar refractivity (Wildman–Crippen MR) is 60.5 cm³/mol. The van der Waals surface area contributed by atoms with E-state index in [9.17, 15) is 4.79 Å². The maximum atomic E-state index is 10.6. The number of carbonyl (C=O) groups is 1. The van der Waals surface area contributed by atoms with E-state index in [1.54, 1.807) is 0 Å². The number of hydrogen-bond acceptors (Lipinski definition) is 3. The molecule has 14 heavy (non-hydrogen) atoms. The fraction of sp³-hybridized carbons (Fsp3) is 0.900. The van der Waals surface area contributed by atoms with Crippen LogP contribution in [0, 0.1) is 0 Å². The Morgan fingerprint density at radius 2 is 1.71 bits per heavy atom. The van der Waals surface area contributed by atoms with Crippen molar-refractivity contribution in [1.29, 1.82) is 0 Å². The van der Waals surface area contributed by atoms with Crippen LogP contribution in [-0.4, -0.2) is 48.7 Å². The van der Waals surface area contributed by atoms with Crippen molar-refractivity contribution in [1.82, 2.24) is 0 Å². The Balaban J connectivity index is 0. The van der Waals surface area contributed by atoms with E-state index in [0.29, 0.717) is 6.61 Å². The van der Waals surface area contributed by atoms with Gasteiger partial charge in [-0.2, -0.15) is 0 Å². The van der Waals surface area contributed by atoms with E-state index in [0.717, 1.165) is 12.8 Å². The third kappa shape index (κ3) is 12.4. The Morgan fingerprint density at radius 3 is 2.29 bits per heavy atom. The standard InChI is InChI=1S/C10H21NO2.Na.H/c1-2-3-4-5-6-7-8-13-10(12)9-11;;/h2-9,11H2,1H3;;. The molecule has 2 N–H and O–H groups in total. The Bertz CT molecular complexity index is 131. The van der Waals surface area contributed by atoms with Crippen molar-refractivity contribution in [2.45, 2.75) is 45.4 Å². The van der Waals surface area contributed by atoms with Crippen LogP contribution in [0.4, 0.5) is 0 Å². The van der Waals surface area contributed by atoms with Crippen LogP contribution in [0.25, 0.3) is 0 Å². The van der Waals surface area contributed by atoms with Crippen LogP contribution < -0.4 is 5.73 Å². The summed E-state index contributed by atoms with van der Waals surface area (Å²) < 4.78 is 4.83. The van der Waals surface area contributed by atoms with Crippen LogP contribution in [0.1, 0.15) is 45.4 Å². The van der Waals surface area contributed by atoms with Crippen molar-refractivity contribution in [3.63, 3.8) is 0 Å². The summed E-state index contributed by atoms with van der Waals surface area (Å²) in [6, 6.07) is 0. The minimum absolute atomic E-state index is 0. The summed E-state index contributed by atoms with van der Waals surface area (Å²) in [5.41, 5.74) is 5.08. The molecular weight excluding hydrogens is 189 g/mol. The molecule has 0 unspecified atom stereocenters. The van der Waals surface area contributed by atoms with Gasteiger partial charge in [-0.25, -0.2) is 0 Å². The molecule has 3 nitrogen and oxygen atoms in total. The Kier molecular flexibility index (Phi) is 16.2. The first-order valence-corrected chi connectivity index (χ1v) is 5.17. The van der Waals surface area contributed by atoms with Gasteiger partial charge >= 0.3 is 35.5 Å². The first-order valence-electron chi connectivity index (χ1n) is 5.17. The summed E-state index contributed by atoms with van der Waals surface area (Å²) in [6.07, 6.45) is 7.23. The molecule has 0 atom stereocenters. The van der Waals surface area contributed by atoms with E-state index in [1.165, 1.54) is 25.7 Å². The maximum absolute atomic E-state index is 10.6. The second-order valence-corrected chi connectivity index (χ2v) is 3.19. The first-order chi connectivity index (χ1) is 6.31. The molecular formula is C10H22NNaO2. The van der Waals surface area contributed by atoms with E-state index in [2.05, 4.69) is 6.92 Å². The van der Waals surface area contributed by atoms with E-state index in [4.69, 9.17) is 10.5 Å². The third-order valence-electron chi connectivity index (χ3n) is 1.93. The van der Waals surface area contributed by atoms with Gasteiger partial charge in [0.2, 0.25) is 0 Å². The second-order valence-electron chi connectivity index (χ2n) is 3.19. The summed E-state index contributed by atoms with van der Waals surface area (Å²) in [5.74, 6) is -0.298.